The normalized spacial score (nSPS) is 17.7. The molecule has 1 atom stereocenters. The summed E-state index contributed by atoms with van der Waals surface area (Å²) in [6.07, 6.45) is 6.62. The number of carbonyl (C=O) groups excluding carboxylic acids is 1. The monoisotopic (exact) mass is 338 g/mol. The fourth-order valence-corrected chi connectivity index (χ4v) is 3.20. The third kappa shape index (κ3) is 4.60. The minimum Gasteiger partial charge on any atom is -0.324 e. The molecule has 1 aliphatic carbocycles. The Morgan fingerprint density at radius 3 is 2.70 bits per heavy atom. The number of nitrogens with one attached hydrogen (secondary N) is 2. The first kappa shape index (κ1) is 15.5. The van der Waals surface area contributed by atoms with E-state index in [2.05, 4.69) is 33.5 Å². The molecule has 2 rings (SSSR count). The summed E-state index contributed by atoms with van der Waals surface area (Å²) >= 11 is 3.43. The molecule has 1 amide bonds. The minimum absolute atomic E-state index is 0.0135. The number of halogens is 1. The number of hydrogen-bond donors (Lipinski definition) is 2. The van der Waals surface area contributed by atoms with Crippen LogP contribution in [0.1, 0.15) is 39.0 Å². The van der Waals surface area contributed by atoms with E-state index >= 15 is 0 Å². The Hall–Kier alpha value is -0.870. The zero-order valence-corrected chi connectivity index (χ0v) is 13.6. The van der Waals surface area contributed by atoms with E-state index in [0.29, 0.717) is 12.6 Å². The third-order valence-corrected chi connectivity index (χ3v) is 4.78. The molecule has 0 spiro atoms. The Kier molecular flexibility index (Phi) is 6.05. The highest BCUT2D eigenvalue weighted by atomic mass is 79.9. The van der Waals surface area contributed by atoms with E-state index in [1.54, 1.807) is 0 Å². The Balaban J connectivity index is 1.76. The summed E-state index contributed by atoms with van der Waals surface area (Å²) in [4.78, 5) is 12.0. The van der Waals surface area contributed by atoms with Crippen LogP contribution in [0.25, 0.3) is 0 Å². The number of hydrogen-bond acceptors (Lipinski definition) is 2. The predicted molar refractivity (Wildman–Crippen MR) is 86.8 cm³/mol. The van der Waals surface area contributed by atoms with Crippen molar-refractivity contribution in [1.29, 1.82) is 0 Å². The number of anilines is 1. The summed E-state index contributed by atoms with van der Waals surface area (Å²) in [5.41, 5.74) is 0.824. The van der Waals surface area contributed by atoms with E-state index in [1.807, 2.05) is 24.3 Å². The maximum atomic E-state index is 12.0. The zero-order chi connectivity index (χ0) is 14.4. The van der Waals surface area contributed by atoms with E-state index in [-0.39, 0.29) is 5.91 Å². The number of amides is 1. The van der Waals surface area contributed by atoms with Gasteiger partial charge in [-0.15, -0.1) is 0 Å². The van der Waals surface area contributed by atoms with E-state index in [4.69, 9.17) is 0 Å². The molecule has 1 unspecified atom stereocenters. The number of benzene rings is 1. The van der Waals surface area contributed by atoms with Gasteiger partial charge >= 0.3 is 0 Å². The van der Waals surface area contributed by atoms with E-state index in [0.717, 1.165) is 16.1 Å². The van der Waals surface area contributed by atoms with Crippen LogP contribution in [0.4, 0.5) is 5.69 Å². The largest absolute Gasteiger partial charge is 0.324 e. The fourth-order valence-electron chi connectivity index (χ4n) is 2.81. The summed E-state index contributed by atoms with van der Waals surface area (Å²) in [5.74, 6) is 0.736. The standard InChI is InChI=1S/C16H23BrN2O/c1-12(13-7-3-2-4-8-13)18-11-16(20)19-15-10-6-5-9-14(15)17/h5-6,9-10,12-13,18H,2-4,7-8,11H2,1H3,(H,19,20). The fraction of sp³-hybridized carbons (Fsp3) is 0.562. The molecule has 1 saturated carbocycles. The average Bonchev–Trinajstić information content (AvgIpc) is 2.48. The van der Waals surface area contributed by atoms with Gasteiger partial charge in [-0.05, 0) is 53.7 Å². The van der Waals surface area contributed by atoms with Crippen LogP contribution in [0.3, 0.4) is 0 Å². The van der Waals surface area contributed by atoms with Crippen LogP contribution in [0.5, 0.6) is 0 Å². The Labute approximate surface area is 129 Å². The van der Waals surface area contributed by atoms with Gasteiger partial charge in [-0.3, -0.25) is 4.79 Å². The Morgan fingerprint density at radius 1 is 1.30 bits per heavy atom. The van der Waals surface area contributed by atoms with Gasteiger partial charge in [0.15, 0.2) is 0 Å². The van der Waals surface area contributed by atoms with Crippen LogP contribution in [0.2, 0.25) is 0 Å². The van der Waals surface area contributed by atoms with Crippen LogP contribution >= 0.6 is 15.9 Å². The second-order valence-corrected chi connectivity index (χ2v) is 6.45. The summed E-state index contributed by atoms with van der Waals surface area (Å²) in [6, 6.07) is 8.09. The van der Waals surface area contributed by atoms with Crippen molar-refractivity contribution in [2.75, 3.05) is 11.9 Å². The third-order valence-electron chi connectivity index (χ3n) is 4.09. The summed E-state index contributed by atoms with van der Waals surface area (Å²) in [5, 5.41) is 6.28. The van der Waals surface area contributed by atoms with Crippen molar-refractivity contribution in [3.63, 3.8) is 0 Å². The molecular weight excluding hydrogens is 316 g/mol. The molecule has 3 nitrogen and oxygen atoms in total. The summed E-state index contributed by atoms with van der Waals surface area (Å²) in [7, 11) is 0. The molecule has 0 heterocycles. The molecule has 1 aromatic carbocycles. The van der Waals surface area contributed by atoms with Crippen molar-refractivity contribution >= 4 is 27.5 Å². The van der Waals surface area contributed by atoms with Crippen molar-refractivity contribution in [1.82, 2.24) is 5.32 Å². The van der Waals surface area contributed by atoms with Crippen LogP contribution in [-0.2, 0) is 4.79 Å². The van der Waals surface area contributed by atoms with Gasteiger partial charge in [-0.2, -0.15) is 0 Å². The van der Waals surface area contributed by atoms with E-state index < -0.39 is 0 Å². The molecule has 1 fully saturated rings. The molecule has 0 aliphatic heterocycles. The lowest BCUT2D eigenvalue weighted by Crippen LogP contribution is -2.39. The maximum absolute atomic E-state index is 12.0. The highest BCUT2D eigenvalue weighted by Crippen LogP contribution is 2.26. The second-order valence-electron chi connectivity index (χ2n) is 5.60. The van der Waals surface area contributed by atoms with Gasteiger partial charge in [-0.25, -0.2) is 0 Å². The molecule has 1 aromatic rings. The molecule has 2 N–H and O–H groups in total. The Morgan fingerprint density at radius 2 is 2.00 bits per heavy atom. The van der Waals surface area contributed by atoms with Crippen molar-refractivity contribution in [3.8, 4) is 0 Å². The van der Waals surface area contributed by atoms with Crippen molar-refractivity contribution < 1.29 is 4.79 Å². The highest BCUT2D eigenvalue weighted by Gasteiger charge is 2.20. The molecule has 0 saturated heterocycles. The van der Waals surface area contributed by atoms with E-state index in [9.17, 15) is 4.79 Å². The lowest BCUT2D eigenvalue weighted by molar-refractivity contribution is -0.115. The van der Waals surface area contributed by atoms with Crippen LogP contribution in [0.15, 0.2) is 28.7 Å². The molecular formula is C16H23BrN2O. The van der Waals surface area contributed by atoms with Crippen molar-refractivity contribution in [3.05, 3.63) is 28.7 Å². The minimum atomic E-state index is 0.0135. The number of para-hydroxylation sites is 1. The SMILES string of the molecule is CC(NCC(=O)Nc1ccccc1Br)C1CCCCC1. The van der Waals surface area contributed by atoms with Crippen LogP contribution in [0, 0.1) is 5.92 Å². The molecule has 0 aromatic heterocycles. The quantitative estimate of drug-likeness (QED) is 0.853. The number of carbonyl (C=O) groups is 1. The number of rotatable bonds is 5. The summed E-state index contributed by atoms with van der Waals surface area (Å²) < 4.78 is 0.911. The molecule has 110 valence electrons. The van der Waals surface area contributed by atoms with Gasteiger partial charge in [0, 0.05) is 10.5 Å². The zero-order valence-electron chi connectivity index (χ0n) is 12.0. The second kappa shape index (κ2) is 7.79. The van der Waals surface area contributed by atoms with Crippen LogP contribution in [-0.4, -0.2) is 18.5 Å². The van der Waals surface area contributed by atoms with Gasteiger partial charge in [0.2, 0.25) is 5.91 Å². The van der Waals surface area contributed by atoms with Crippen LogP contribution < -0.4 is 10.6 Å². The van der Waals surface area contributed by atoms with Crippen molar-refractivity contribution in [2.45, 2.75) is 45.1 Å². The first-order valence-electron chi connectivity index (χ1n) is 7.44. The van der Waals surface area contributed by atoms with Gasteiger partial charge in [-0.1, -0.05) is 31.4 Å². The average molecular weight is 339 g/mol. The van der Waals surface area contributed by atoms with Gasteiger partial charge in [0.05, 0.1) is 12.2 Å². The maximum Gasteiger partial charge on any atom is 0.238 e. The topological polar surface area (TPSA) is 41.1 Å². The molecule has 4 heteroatoms. The lowest BCUT2D eigenvalue weighted by atomic mass is 9.84. The van der Waals surface area contributed by atoms with Gasteiger partial charge in [0.25, 0.3) is 0 Å². The van der Waals surface area contributed by atoms with Gasteiger partial charge in [0.1, 0.15) is 0 Å². The summed E-state index contributed by atoms with van der Waals surface area (Å²) in [6.45, 7) is 2.57. The lowest BCUT2D eigenvalue weighted by Gasteiger charge is -2.28. The first-order chi connectivity index (χ1) is 9.66. The molecule has 0 bridgehead atoms. The van der Waals surface area contributed by atoms with Crippen molar-refractivity contribution in [2.24, 2.45) is 5.92 Å². The predicted octanol–water partition coefficient (Wildman–Crippen LogP) is 3.95. The molecule has 20 heavy (non-hydrogen) atoms. The molecule has 0 radical (unpaired) electrons. The van der Waals surface area contributed by atoms with Gasteiger partial charge < -0.3 is 10.6 Å². The Bertz CT molecular complexity index is 444. The smallest absolute Gasteiger partial charge is 0.238 e. The first-order valence-corrected chi connectivity index (χ1v) is 8.24. The van der Waals surface area contributed by atoms with E-state index in [1.165, 1.54) is 32.1 Å². The molecule has 1 aliphatic rings. The highest BCUT2D eigenvalue weighted by molar-refractivity contribution is 9.10.